The molecule has 98 valence electrons. The number of carboxylic acids is 1. The number of ketones is 1. The summed E-state index contributed by atoms with van der Waals surface area (Å²) in [5, 5.41) is 8.47. The summed E-state index contributed by atoms with van der Waals surface area (Å²) in [6.07, 6.45) is 2.53. The molecule has 4 heteroatoms. The van der Waals surface area contributed by atoms with Crippen molar-refractivity contribution in [1.82, 2.24) is 0 Å². The van der Waals surface area contributed by atoms with Gasteiger partial charge in [0.05, 0.1) is 6.61 Å². The molecule has 0 unspecified atom stereocenters. The van der Waals surface area contributed by atoms with Crippen LogP contribution >= 0.6 is 0 Å². The van der Waals surface area contributed by atoms with Crippen LogP contribution in [0.25, 0.3) is 0 Å². The third kappa shape index (κ3) is 5.48. The Balaban J connectivity index is 2.25. The molecular weight excluding hydrogens is 232 g/mol. The molecule has 1 N–H and O–H groups in total. The molecule has 0 aromatic heterocycles. The van der Waals surface area contributed by atoms with Crippen LogP contribution in [0.5, 0.6) is 5.75 Å². The Kier molecular flexibility index (Phi) is 5.91. The maximum Gasteiger partial charge on any atom is 0.303 e. The zero-order chi connectivity index (χ0) is 13.4. The first kappa shape index (κ1) is 14.2. The Morgan fingerprint density at radius 1 is 1.22 bits per heavy atom. The van der Waals surface area contributed by atoms with Crippen LogP contribution in [0.4, 0.5) is 0 Å². The van der Waals surface area contributed by atoms with E-state index in [9.17, 15) is 9.59 Å². The number of ether oxygens (including phenoxy) is 1. The number of carbonyl (C=O) groups is 2. The van der Waals surface area contributed by atoms with Crippen molar-refractivity contribution in [2.75, 3.05) is 6.61 Å². The molecule has 0 saturated carbocycles. The third-order valence-corrected chi connectivity index (χ3v) is 2.54. The van der Waals surface area contributed by atoms with Crippen molar-refractivity contribution in [2.45, 2.75) is 32.6 Å². The van der Waals surface area contributed by atoms with Gasteiger partial charge in [0.1, 0.15) is 5.75 Å². The number of aliphatic carboxylic acids is 1. The molecule has 0 aliphatic rings. The summed E-state index contributed by atoms with van der Waals surface area (Å²) in [5.41, 5.74) is 0.637. The van der Waals surface area contributed by atoms with Crippen LogP contribution in [-0.2, 0) is 4.79 Å². The first-order chi connectivity index (χ1) is 8.59. The van der Waals surface area contributed by atoms with Crippen LogP contribution in [0, 0.1) is 0 Å². The van der Waals surface area contributed by atoms with Gasteiger partial charge in [0, 0.05) is 12.0 Å². The lowest BCUT2D eigenvalue weighted by molar-refractivity contribution is -0.137. The van der Waals surface area contributed by atoms with Gasteiger partial charge < -0.3 is 9.84 Å². The van der Waals surface area contributed by atoms with E-state index in [0.717, 1.165) is 12.8 Å². The van der Waals surface area contributed by atoms with E-state index in [1.165, 1.54) is 6.92 Å². The van der Waals surface area contributed by atoms with Crippen molar-refractivity contribution < 1.29 is 19.4 Å². The van der Waals surface area contributed by atoms with Crippen molar-refractivity contribution >= 4 is 11.8 Å². The minimum absolute atomic E-state index is 0.0157. The molecule has 0 aliphatic carbocycles. The standard InChI is InChI=1S/C14H18O4/c1-11(15)12-6-5-7-13(10-12)18-9-4-2-3-8-14(16)17/h5-7,10H,2-4,8-9H2,1H3,(H,16,17). The van der Waals surface area contributed by atoms with E-state index in [4.69, 9.17) is 9.84 Å². The summed E-state index contributed by atoms with van der Waals surface area (Å²) in [7, 11) is 0. The number of Topliss-reactive ketones (excluding diaryl/α,β-unsaturated/α-hetero) is 1. The molecule has 1 aromatic carbocycles. The van der Waals surface area contributed by atoms with Gasteiger partial charge in [-0.05, 0) is 38.3 Å². The molecule has 0 amide bonds. The van der Waals surface area contributed by atoms with Crippen LogP contribution in [0.1, 0.15) is 43.0 Å². The zero-order valence-electron chi connectivity index (χ0n) is 10.5. The average molecular weight is 250 g/mol. The van der Waals surface area contributed by atoms with Crippen molar-refractivity contribution in [2.24, 2.45) is 0 Å². The molecule has 1 rings (SSSR count). The van der Waals surface area contributed by atoms with E-state index >= 15 is 0 Å². The summed E-state index contributed by atoms with van der Waals surface area (Å²) in [4.78, 5) is 21.5. The monoisotopic (exact) mass is 250 g/mol. The fraction of sp³-hybridized carbons (Fsp3) is 0.429. The Morgan fingerprint density at radius 3 is 2.67 bits per heavy atom. The smallest absolute Gasteiger partial charge is 0.303 e. The minimum Gasteiger partial charge on any atom is -0.494 e. The Bertz CT molecular complexity index is 412. The van der Waals surface area contributed by atoms with Crippen molar-refractivity contribution in [3.05, 3.63) is 29.8 Å². The maximum absolute atomic E-state index is 11.2. The lowest BCUT2D eigenvalue weighted by atomic mass is 10.1. The molecule has 0 fully saturated rings. The maximum atomic E-state index is 11.2. The number of hydrogen-bond acceptors (Lipinski definition) is 3. The van der Waals surface area contributed by atoms with E-state index in [1.54, 1.807) is 18.2 Å². The predicted octanol–water partition coefficient (Wildman–Crippen LogP) is 2.91. The first-order valence-corrected chi connectivity index (χ1v) is 6.05. The SMILES string of the molecule is CC(=O)c1cccc(OCCCCCC(=O)O)c1. The molecule has 4 nitrogen and oxygen atoms in total. The lowest BCUT2D eigenvalue weighted by Gasteiger charge is -2.06. The summed E-state index contributed by atoms with van der Waals surface area (Å²) in [5.74, 6) is -0.0621. The van der Waals surface area contributed by atoms with Gasteiger partial charge in [-0.2, -0.15) is 0 Å². The summed E-state index contributed by atoms with van der Waals surface area (Å²) in [6.45, 7) is 2.06. The predicted molar refractivity (Wildman–Crippen MR) is 68.0 cm³/mol. The molecule has 18 heavy (non-hydrogen) atoms. The summed E-state index contributed by atoms with van der Waals surface area (Å²) in [6, 6.07) is 7.07. The van der Waals surface area contributed by atoms with Crippen molar-refractivity contribution in [1.29, 1.82) is 0 Å². The Labute approximate surface area is 107 Å². The van der Waals surface area contributed by atoms with Gasteiger partial charge in [-0.15, -0.1) is 0 Å². The highest BCUT2D eigenvalue weighted by atomic mass is 16.5. The number of unbranched alkanes of at least 4 members (excludes halogenated alkanes) is 2. The molecule has 0 spiro atoms. The fourth-order valence-electron chi connectivity index (χ4n) is 1.55. The Hall–Kier alpha value is -1.84. The van der Waals surface area contributed by atoms with Crippen molar-refractivity contribution in [3.63, 3.8) is 0 Å². The third-order valence-electron chi connectivity index (χ3n) is 2.54. The highest BCUT2D eigenvalue weighted by Gasteiger charge is 2.01. The number of carbonyl (C=O) groups excluding carboxylic acids is 1. The minimum atomic E-state index is -0.759. The van der Waals surface area contributed by atoms with Gasteiger partial charge in [0.15, 0.2) is 5.78 Å². The quantitative estimate of drug-likeness (QED) is 0.569. The molecule has 0 heterocycles. The van der Waals surface area contributed by atoms with Crippen LogP contribution in [-0.4, -0.2) is 23.5 Å². The van der Waals surface area contributed by atoms with Crippen LogP contribution in [0.15, 0.2) is 24.3 Å². The van der Waals surface area contributed by atoms with E-state index in [-0.39, 0.29) is 12.2 Å². The summed E-state index contributed by atoms with van der Waals surface area (Å²) >= 11 is 0. The second-order valence-corrected chi connectivity index (χ2v) is 4.14. The van der Waals surface area contributed by atoms with Gasteiger partial charge in [0.2, 0.25) is 0 Å². The molecule has 0 saturated heterocycles. The second-order valence-electron chi connectivity index (χ2n) is 4.14. The highest BCUT2D eigenvalue weighted by molar-refractivity contribution is 5.94. The molecular formula is C14H18O4. The van der Waals surface area contributed by atoms with E-state index in [0.29, 0.717) is 24.3 Å². The number of hydrogen-bond donors (Lipinski definition) is 1. The number of carboxylic acid groups (broad SMARTS) is 1. The van der Waals surface area contributed by atoms with Gasteiger partial charge >= 0.3 is 5.97 Å². The molecule has 0 radical (unpaired) electrons. The van der Waals surface area contributed by atoms with Gasteiger partial charge in [-0.25, -0.2) is 0 Å². The molecule has 0 aliphatic heterocycles. The average Bonchev–Trinajstić information content (AvgIpc) is 2.33. The van der Waals surface area contributed by atoms with Crippen LogP contribution in [0.3, 0.4) is 0 Å². The number of benzene rings is 1. The number of rotatable bonds is 8. The Morgan fingerprint density at radius 2 is 2.00 bits per heavy atom. The van der Waals surface area contributed by atoms with Crippen LogP contribution < -0.4 is 4.74 Å². The molecule has 0 bridgehead atoms. The molecule has 1 aromatic rings. The topological polar surface area (TPSA) is 63.6 Å². The van der Waals surface area contributed by atoms with Gasteiger partial charge in [-0.1, -0.05) is 12.1 Å². The highest BCUT2D eigenvalue weighted by Crippen LogP contribution is 2.14. The second kappa shape index (κ2) is 7.48. The first-order valence-electron chi connectivity index (χ1n) is 6.05. The van der Waals surface area contributed by atoms with E-state index in [2.05, 4.69) is 0 Å². The molecule has 0 atom stereocenters. The zero-order valence-corrected chi connectivity index (χ0v) is 10.5. The fourth-order valence-corrected chi connectivity index (χ4v) is 1.55. The van der Waals surface area contributed by atoms with E-state index in [1.807, 2.05) is 6.07 Å². The van der Waals surface area contributed by atoms with Crippen molar-refractivity contribution in [3.8, 4) is 5.75 Å². The largest absolute Gasteiger partial charge is 0.494 e. The van der Waals surface area contributed by atoms with E-state index < -0.39 is 5.97 Å². The van der Waals surface area contributed by atoms with Crippen LogP contribution in [0.2, 0.25) is 0 Å². The van der Waals surface area contributed by atoms with Gasteiger partial charge in [-0.3, -0.25) is 9.59 Å². The van der Waals surface area contributed by atoms with Gasteiger partial charge in [0.25, 0.3) is 0 Å². The normalized spacial score (nSPS) is 10.1. The lowest BCUT2D eigenvalue weighted by Crippen LogP contribution is -2.00. The summed E-state index contributed by atoms with van der Waals surface area (Å²) < 4.78 is 5.50.